The fourth-order valence-corrected chi connectivity index (χ4v) is 8.32. The molecule has 428 valence electrons. The number of alkyl halides is 1. The second kappa shape index (κ2) is 37.7. The maximum Gasteiger partial charge on any atom is 0.410 e. The van der Waals surface area contributed by atoms with E-state index in [4.69, 9.17) is 47.8 Å². The van der Waals surface area contributed by atoms with Crippen LogP contribution in [0.15, 0.2) is 89.9 Å². The standard InChI is InChI=1S/C23H28N4O3S.C19H30N4O3S2.C11H13BrO2.C2H4O2.H3P/c1-3-5-15-14-16(6-11-19(15)28)20(29)21-22(24)27-23(31-21)26-17-7-9-18(10-8-17)30-13-12-25-4-2;1-6-23(18(24)26-19(3,4)5)12-13-25-15-10-8-14(9-11-15)21-17(27)22-16(20)28-7-2;1-2-3-8-6-9(11(14)7-12)4-5-10(8)13;1-2(3)4;/h6-11,14,25,28H,3-5,12-13,24H2,1-2H3,(H,26,27);8-11H,6-7,12-13H2,1-5H3,(H3,20,21,22,27);4-6,13H,2-3,7H2,1H3;1H3,(H,3,4);1H3. The number of aryl methyl sites for hydroxylation is 2. The lowest BCUT2D eigenvalue weighted by Gasteiger charge is -2.26. The molecule has 1 aromatic heterocycles. The number of nitrogens with zero attached hydrogens (tertiary/aromatic N) is 3. The number of thioether (sulfide) groups is 1. The van der Waals surface area contributed by atoms with E-state index >= 15 is 0 Å². The van der Waals surface area contributed by atoms with Gasteiger partial charge in [0.15, 0.2) is 21.2 Å². The van der Waals surface area contributed by atoms with Gasteiger partial charge in [0.05, 0.1) is 11.9 Å². The summed E-state index contributed by atoms with van der Waals surface area (Å²) in [6, 6.07) is 24.7. The van der Waals surface area contributed by atoms with Crippen molar-refractivity contribution in [2.75, 3.05) is 66.8 Å². The number of aliphatic imine (C=N–C) groups is 1. The van der Waals surface area contributed by atoms with E-state index in [1.54, 1.807) is 41.3 Å². The van der Waals surface area contributed by atoms with E-state index in [1.807, 2.05) is 97.0 Å². The number of Topliss-reactive ketones (excluding diaryl/α,β-unsaturated/α-hetero) is 1. The molecule has 0 aliphatic rings. The number of carboxylic acids is 1. The van der Waals surface area contributed by atoms with Crippen LogP contribution >= 0.6 is 61.1 Å². The van der Waals surface area contributed by atoms with E-state index in [2.05, 4.69) is 48.8 Å². The van der Waals surface area contributed by atoms with Crippen LogP contribution in [0.1, 0.15) is 112 Å². The van der Waals surface area contributed by atoms with Gasteiger partial charge in [-0.2, -0.15) is 14.9 Å². The van der Waals surface area contributed by atoms with Crippen LogP contribution in [0.5, 0.6) is 23.0 Å². The highest BCUT2D eigenvalue weighted by Gasteiger charge is 2.22. The molecule has 1 unspecified atom stereocenters. The summed E-state index contributed by atoms with van der Waals surface area (Å²) in [5.41, 5.74) is 15.6. The quantitative estimate of drug-likeness (QED) is 0.00608. The third kappa shape index (κ3) is 27.5. The van der Waals surface area contributed by atoms with E-state index in [9.17, 15) is 24.6 Å². The summed E-state index contributed by atoms with van der Waals surface area (Å²) in [4.78, 5) is 55.8. The molecule has 4 aromatic carbocycles. The molecule has 1 amide bonds. The zero-order valence-corrected chi connectivity index (χ0v) is 51.5. The third-order valence-electron chi connectivity index (χ3n) is 9.94. The maximum atomic E-state index is 13.0. The number of amides is 1. The molecule has 1 atom stereocenters. The van der Waals surface area contributed by atoms with Crippen LogP contribution in [0, 0.1) is 0 Å². The number of phenols is 2. The first-order valence-electron chi connectivity index (χ1n) is 25.0. The number of amidine groups is 1. The van der Waals surface area contributed by atoms with Crippen molar-refractivity contribution < 1.29 is 48.7 Å². The molecule has 0 aliphatic carbocycles. The Hall–Kier alpha value is -6.03. The molecule has 0 saturated heterocycles. The first-order chi connectivity index (χ1) is 36.6. The number of carboxylic acid groups (broad SMARTS) is 1. The number of carbonyl (C=O) groups excluding carboxylic acids is 3. The number of hydrogen-bond donors (Lipinski definition) is 8. The summed E-state index contributed by atoms with van der Waals surface area (Å²) in [7, 11) is 0. The Morgan fingerprint density at radius 3 is 1.86 bits per heavy atom. The van der Waals surface area contributed by atoms with E-state index in [0.29, 0.717) is 75.2 Å². The highest BCUT2D eigenvalue weighted by Crippen LogP contribution is 2.32. The Bertz CT molecular complexity index is 2670. The van der Waals surface area contributed by atoms with Gasteiger partial charge < -0.3 is 61.8 Å². The number of ether oxygens (including phenoxy) is 3. The van der Waals surface area contributed by atoms with Crippen molar-refractivity contribution in [3.8, 4) is 23.0 Å². The first kappa shape index (κ1) is 70.0. The largest absolute Gasteiger partial charge is 0.508 e. The average Bonchev–Trinajstić information content (AvgIpc) is 3.75. The van der Waals surface area contributed by atoms with E-state index in [-0.39, 0.29) is 44.9 Å². The van der Waals surface area contributed by atoms with Crippen molar-refractivity contribution in [2.45, 2.75) is 93.6 Å². The Labute approximate surface area is 484 Å². The molecule has 23 heteroatoms. The predicted octanol–water partition coefficient (Wildman–Crippen LogP) is 11.5. The van der Waals surface area contributed by atoms with Crippen molar-refractivity contribution >= 4 is 117 Å². The van der Waals surface area contributed by atoms with Gasteiger partial charge in [-0.05, 0) is 161 Å². The topological polar surface area (TPSA) is 273 Å². The van der Waals surface area contributed by atoms with Crippen LogP contribution in [0.2, 0.25) is 0 Å². The molecule has 1 heterocycles. The van der Waals surface area contributed by atoms with Gasteiger partial charge in [-0.1, -0.05) is 79.6 Å². The Morgan fingerprint density at radius 2 is 1.36 bits per heavy atom. The number of halogens is 1. The second-order valence-corrected chi connectivity index (χ2v) is 20.7. The smallest absolute Gasteiger partial charge is 0.410 e. The first-order valence-corrected chi connectivity index (χ1v) is 28.3. The summed E-state index contributed by atoms with van der Waals surface area (Å²) in [5, 5.41) is 37.9. The molecule has 0 aliphatic heterocycles. The fraction of sp³-hybridized carbons (Fsp3) is 0.400. The normalized spacial score (nSPS) is 10.6. The van der Waals surface area contributed by atoms with Gasteiger partial charge in [0.1, 0.15) is 52.5 Å². The molecule has 0 spiro atoms. The molecule has 5 aromatic rings. The number of benzene rings is 4. The number of thiazole rings is 1. The number of nitrogens with one attached hydrogen (secondary N) is 3. The van der Waals surface area contributed by atoms with Crippen LogP contribution in [0.4, 0.5) is 27.1 Å². The summed E-state index contributed by atoms with van der Waals surface area (Å²) >= 11 is 10.9. The highest BCUT2D eigenvalue weighted by molar-refractivity contribution is 9.09. The molecule has 0 bridgehead atoms. The number of phenolic OH excluding ortho intramolecular Hbond substituents is 2. The number of aromatic nitrogens is 1. The van der Waals surface area contributed by atoms with E-state index < -0.39 is 11.6 Å². The molecule has 0 radical (unpaired) electrons. The number of thiocarbonyl (C=S) groups is 1. The minimum atomic E-state index is -0.833. The second-order valence-electron chi connectivity index (χ2n) is 17.4. The number of rotatable bonds is 22. The Balaban J connectivity index is 0.000000593. The lowest BCUT2D eigenvalue weighted by Crippen LogP contribution is -2.38. The number of anilines is 4. The van der Waals surface area contributed by atoms with Crippen LogP contribution in [-0.2, 0) is 22.4 Å². The number of likely N-dealkylation sites (N-methyl/N-ethyl adjacent to an activating group) is 2. The van der Waals surface area contributed by atoms with Gasteiger partial charge in [-0.3, -0.25) is 14.4 Å². The zero-order valence-electron chi connectivity index (χ0n) is 46.1. The highest BCUT2D eigenvalue weighted by atomic mass is 79.9. The van der Waals surface area contributed by atoms with Gasteiger partial charge in [-0.25, -0.2) is 9.78 Å². The SMILES string of the molecule is CC(=O)O.CCCc1cc(C(=O)CBr)ccc1O.CCCc1cc(C(=O)c2sc(Nc3ccc(OCCNCC)cc3)nc2N)ccc1O.CCSC(N)=NC(=S)Nc1ccc(OCCN(CC)C(=O)OC(C)(C)C)cc1.P. The molecular weight excluding hydrogens is 1140 g/mol. The minimum absolute atomic E-state index is 0. The van der Waals surface area contributed by atoms with Crippen LogP contribution in [0.3, 0.4) is 0 Å². The van der Waals surface area contributed by atoms with Gasteiger partial charge in [0.2, 0.25) is 5.78 Å². The molecule has 78 heavy (non-hydrogen) atoms. The number of nitrogen functional groups attached to an aromatic ring is 1. The maximum absolute atomic E-state index is 13.0. The predicted molar refractivity (Wildman–Crippen MR) is 332 cm³/mol. The van der Waals surface area contributed by atoms with Crippen LogP contribution in [-0.4, -0.2) is 115 Å². The van der Waals surface area contributed by atoms with Gasteiger partial charge in [0.25, 0.3) is 5.97 Å². The molecule has 0 saturated carbocycles. The zero-order chi connectivity index (χ0) is 57.5. The van der Waals surface area contributed by atoms with Crippen LogP contribution in [0.25, 0.3) is 0 Å². The number of aliphatic carboxylic acids is 1. The monoisotopic (exact) mass is 1220 g/mol. The number of hydrogen-bond acceptors (Lipinski definition) is 16. The van der Waals surface area contributed by atoms with Crippen molar-refractivity contribution in [3.63, 3.8) is 0 Å². The summed E-state index contributed by atoms with van der Waals surface area (Å²) in [6.07, 6.45) is 3.00. The number of nitrogens with two attached hydrogens (primary N) is 2. The lowest BCUT2D eigenvalue weighted by molar-refractivity contribution is -0.134. The molecule has 10 N–H and O–H groups in total. The van der Waals surface area contributed by atoms with Crippen molar-refractivity contribution in [3.05, 3.63) is 112 Å². The van der Waals surface area contributed by atoms with Crippen LogP contribution < -0.4 is 36.9 Å². The van der Waals surface area contributed by atoms with Crippen molar-refractivity contribution in [1.82, 2.24) is 15.2 Å². The van der Waals surface area contributed by atoms with Gasteiger partial charge >= 0.3 is 6.09 Å². The van der Waals surface area contributed by atoms with E-state index in [1.165, 1.54) is 23.1 Å². The number of carbonyl (C=O) groups is 4. The van der Waals surface area contributed by atoms with Crippen molar-refractivity contribution in [1.29, 1.82) is 0 Å². The minimum Gasteiger partial charge on any atom is -0.508 e. The van der Waals surface area contributed by atoms with E-state index in [0.717, 1.165) is 73.3 Å². The van der Waals surface area contributed by atoms with Gasteiger partial charge in [-0.15, -0.1) is 0 Å². The summed E-state index contributed by atoms with van der Waals surface area (Å²) < 4.78 is 16.8. The Morgan fingerprint density at radius 1 is 0.833 bits per heavy atom. The molecule has 5 rings (SSSR count). The lowest BCUT2D eigenvalue weighted by atomic mass is 10.0. The fourth-order valence-electron chi connectivity index (χ4n) is 6.40. The molecule has 0 fully saturated rings. The van der Waals surface area contributed by atoms with Crippen molar-refractivity contribution in [2.24, 2.45) is 10.7 Å². The number of aromatic hydroxyl groups is 2. The summed E-state index contributed by atoms with van der Waals surface area (Å²) in [6.45, 7) is 20.3. The summed E-state index contributed by atoms with van der Waals surface area (Å²) in [5.74, 6) is 1.99. The molecule has 18 nitrogen and oxygen atoms in total. The molecular formula is C55H78BrN8O10PS3. The third-order valence-corrected chi connectivity index (χ3v) is 12.3. The number of ketones is 2. The average molecular weight is 1220 g/mol. The Kier molecular flexibility index (Phi) is 33.8. The van der Waals surface area contributed by atoms with Gasteiger partial charge in [0, 0.05) is 42.5 Å².